The minimum Gasteiger partial charge on any atom is -0.451 e. The molecule has 2 aliphatic heterocycles. The van der Waals surface area contributed by atoms with Crippen molar-refractivity contribution in [1.82, 2.24) is 9.58 Å². The molecule has 208 valence electrons. The molecule has 1 unspecified atom stereocenters. The zero-order valence-electron chi connectivity index (χ0n) is 21.9. The van der Waals surface area contributed by atoms with Gasteiger partial charge >= 0.3 is 5.97 Å². The molecule has 41 heavy (non-hydrogen) atoms. The highest BCUT2D eigenvalue weighted by Gasteiger charge is 2.46. The average molecular weight is 574 g/mol. The molecule has 1 fully saturated rings. The normalized spacial score (nSPS) is 18.8. The number of fused-ring (bicyclic) bond motifs is 7. The lowest BCUT2D eigenvalue weighted by atomic mass is 9.92. The lowest BCUT2D eigenvalue weighted by molar-refractivity contribution is -0.147. The van der Waals surface area contributed by atoms with Crippen molar-refractivity contribution >= 4 is 23.2 Å². The third kappa shape index (κ3) is 4.03. The van der Waals surface area contributed by atoms with Crippen LogP contribution in [0.25, 0.3) is 21.6 Å². The Bertz CT molecular complexity index is 1770. The fourth-order valence-electron chi connectivity index (χ4n) is 5.96. The van der Waals surface area contributed by atoms with E-state index in [4.69, 9.17) is 14.2 Å². The van der Waals surface area contributed by atoms with E-state index < -0.39 is 36.3 Å². The second kappa shape index (κ2) is 9.86. The Morgan fingerprint density at radius 2 is 1.90 bits per heavy atom. The fourth-order valence-corrected chi connectivity index (χ4v) is 6.91. The lowest BCUT2D eigenvalue weighted by Crippen LogP contribution is -2.66. The Balaban J connectivity index is 1.50. The van der Waals surface area contributed by atoms with Gasteiger partial charge in [0, 0.05) is 36.2 Å². The number of hydrogen-bond donors (Lipinski definition) is 0. The van der Waals surface area contributed by atoms with Crippen molar-refractivity contribution in [3.8, 4) is 27.3 Å². The van der Waals surface area contributed by atoms with Crippen molar-refractivity contribution in [1.29, 1.82) is 0 Å². The summed E-state index contributed by atoms with van der Waals surface area (Å²) >= 11 is 1.58. The van der Waals surface area contributed by atoms with Gasteiger partial charge in [-0.1, -0.05) is 30.3 Å². The van der Waals surface area contributed by atoms with E-state index in [1.165, 1.54) is 19.1 Å². The van der Waals surface area contributed by atoms with Crippen molar-refractivity contribution < 1.29 is 28.2 Å². The number of benzene rings is 2. The summed E-state index contributed by atoms with van der Waals surface area (Å²) in [6.07, 6.45) is 1.01. The molecule has 2 atom stereocenters. The van der Waals surface area contributed by atoms with Crippen molar-refractivity contribution in [2.75, 3.05) is 31.6 Å². The van der Waals surface area contributed by atoms with E-state index in [2.05, 4.69) is 0 Å². The summed E-state index contributed by atoms with van der Waals surface area (Å²) < 4.78 is 32.8. The van der Waals surface area contributed by atoms with Gasteiger partial charge in [-0.25, -0.2) is 4.39 Å². The van der Waals surface area contributed by atoms with Crippen LogP contribution in [0, 0.1) is 5.82 Å². The number of amides is 1. The minimum atomic E-state index is -0.581. The molecule has 2 aromatic heterocycles. The molecule has 9 nitrogen and oxygen atoms in total. The van der Waals surface area contributed by atoms with Crippen LogP contribution in [0.5, 0.6) is 5.75 Å². The summed E-state index contributed by atoms with van der Waals surface area (Å²) in [4.78, 5) is 41.0. The van der Waals surface area contributed by atoms with Crippen LogP contribution in [0.4, 0.5) is 4.39 Å². The van der Waals surface area contributed by atoms with Gasteiger partial charge in [-0.3, -0.25) is 24.1 Å². The van der Waals surface area contributed by atoms with Gasteiger partial charge in [0.25, 0.3) is 5.91 Å². The van der Waals surface area contributed by atoms with Crippen LogP contribution in [0.15, 0.2) is 71.0 Å². The second-order valence-electron chi connectivity index (χ2n) is 9.92. The number of ether oxygens (including phenoxy) is 3. The zero-order chi connectivity index (χ0) is 28.2. The number of halogens is 1. The van der Waals surface area contributed by atoms with E-state index in [-0.39, 0.29) is 23.9 Å². The number of thiophene rings is 1. The van der Waals surface area contributed by atoms with Crippen LogP contribution in [0.3, 0.4) is 0 Å². The van der Waals surface area contributed by atoms with E-state index in [9.17, 15) is 18.8 Å². The van der Waals surface area contributed by atoms with Gasteiger partial charge in [-0.15, -0.1) is 11.3 Å². The largest absolute Gasteiger partial charge is 0.451 e. The van der Waals surface area contributed by atoms with Gasteiger partial charge in [-0.2, -0.15) is 0 Å². The Hall–Kier alpha value is -4.48. The predicted molar refractivity (Wildman–Crippen MR) is 149 cm³/mol. The molecule has 0 spiro atoms. The second-order valence-corrected chi connectivity index (χ2v) is 10.8. The van der Waals surface area contributed by atoms with Gasteiger partial charge in [0.1, 0.15) is 12.0 Å². The average Bonchev–Trinajstić information content (AvgIpc) is 3.43. The van der Waals surface area contributed by atoms with E-state index in [1.54, 1.807) is 39.2 Å². The summed E-state index contributed by atoms with van der Waals surface area (Å²) in [6.45, 7) is 1.56. The van der Waals surface area contributed by atoms with Crippen LogP contribution >= 0.6 is 11.3 Å². The molecule has 4 aromatic rings. The van der Waals surface area contributed by atoms with E-state index in [0.717, 1.165) is 32.7 Å². The molecular weight excluding hydrogens is 549 g/mol. The summed E-state index contributed by atoms with van der Waals surface area (Å²) in [5.41, 5.74) is 3.95. The van der Waals surface area contributed by atoms with E-state index in [1.807, 2.05) is 40.7 Å². The molecule has 3 aliphatic rings. The number of pyridine rings is 1. The molecule has 1 aliphatic carbocycles. The maximum Gasteiger partial charge on any atom is 0.305 e. The number of hydrogen-bond acceptors (Lipinski definition) is 8. The van der Waals surface area contributed by atoms with Gasteiger partial charge in [-0.05, 0) is 45.8 Å². The van der Waals surface area contributed by atoms with E-state index >= 15 is 0 Å². The molecule has 1 amide bonds. The summed E-state index contributed by atoms with van der Waals surface area (Å²) in [5.74, 6) is -1.55. The molecule has 7 rings (SSSR count). The van der Waals surface area contributed by atoms with Crippen molar-refractivity contribution in [2.24, 2.45) is 0 Å². The van der Waals surface area contributed by atoms with Gasteiger partial charge in [0.2, 0.25) is 18.0 Å². The highest BCUT2D eigenvalue weighted by molar-refractivity contribution is 7.14. The number of carbonyl (C=O) groups is 2. The molecule has 2 aromatic carbocycles. The first kappa shape index (κ1) is 25.5. The topological polar surface area (TPSA) is 90.3 Å². The molecule has 11 heteroatoms. The summed E-state index contributed by atoms with van der Waals surface area (Å²) in [7, 11) is 0. The molecule has 0 N–H and O–H groups in total. The van der Waals surface area contributed by atoms with Crippen molar-refractivity contribution in [2.45, 2.75) is 19.1 Å². The lowest BCUT2D eigenvalue weighted by Gasteiger charge is -2.51. The third-order valence-corrected chi connectivity index (χ3v) is 8.60. The smallest absolute Gasteiger partial charge is 0.305 e. The Morgan fingerprint density at radius 1 is 1.07 bits per heavy atom. The van der Waals surface area contributed by atoms with Crippen molar-refractivity contribution in [3.05, 3.63) is 99.0 Å². The van der Waals surface area contributed by atoms with Gasteiger partial charge in [0.15, 0.2) is 5.69 Å². The fraction of sp³-hybridized carbons (Fsp3) is 0.233. The molecule has 0 saturated carbocycles. The standard InChI is InChI=1S/C30H24FN3O6S/c1-17(35)39-16-40-28-24(36)8-10-33-27(28)30(37)32-11-12-38-15-25(32)34(33)26-19-4-2-3-5-21(19)29-22(9-13-41-29)23-14-18(31)6-7-20(23)26/h2-10,13-14,25-26H,11-12,15-16H2,1H3/t25-,26?/m1/s1. The maximum atomic E-state index is 14.8. The highest BCUT2D eigenvalue weighted by Crippen LogP contribution is 2.50. The van der Waals surface area contributed by atoms with Crippen LogP contribution < -0.4 is 15.2 Å². The van der Waals surface area contributed by atoms with E-state index in [0.29, 0.717) is 13.2 Å². The first-order valence-corrected chi connectivity index (χ1v) is 14.0. The predicted octanol–water partition coefficient (Wildman–Crippen LogP) is 4.14. The molecule has 4 heterocycles. The summed E-state index contributed by atoms with van der Waals surface area (Å²) in [6, 6.07) is 15.6. The molecular formula is C30H24FN3O6S. The number of carbonyl (C=O) groups excluding carboxylic acids is 2. The third-order valence-electron chi connectivity index (χ3n) is 7.65. The van der Waals surface area contributed by atoms with Crippen LogP contribution in [-0.4, -0.2) is 54.2 Å². The maximum absolute atomic E-state index is 14.8. The Morgan fingerprint density at radius 3 is 2.76 bits per heavy atom. The van der Waals surface area contributed by atoms with Crippen molar-refractivity contribution in [3.63, 3.8) is 0 Å². The molecule has 1 saturated heterocycles. The minimum absolute atomic E-state index is 0.0166. The van der Waals surface area contributed by atoms with Crippen LogP contribution in [0.1, 0.15) is 34.6 Å². The number of esters is 1. The number of rotatable bonds is 4. The number of morpholine rings is 1. The van der Waals surface area contributed by atoms with Gasteiger partial charge in [0.05, 0.1) is 19.3 Å². The summed E-state index contributed by atoms with van der Waals surface area (Å²) in [5, 5.41) is 4.00. The number of nitrogens with zero attached hydrogens (tertiary/aromatic N) is 3. The zero-order valence-corrected chi connectivity index (χ0v) is 22.7. The monoisotopic (exact) mass is 573 g/mol. The Labute approximate surface area is 237 Å². The first-order chi connectivity index (χ1) is 19.9. The van der Waals surface area contributed by atoms with Gasteiger partial charge < -0.3 is 19.1 Å². The number of aromatic nitrogens is 1. The molecule has 0 bridgehead atoms. The SMILES string of the molecule is CC(=O)OCOc1c2n(ccc1=O)N(C1c3ccc(F)cc3-c3ccsc3-c3ccccc31)[C@@H]1COCCN1C2=O. The highest BCUT2D eigenvalue weighted by atomic mass is 32.1. The Kier molecular flexibility index (Phi) is 6.13. The van der Waals surface area contributed by atoms with Crippen LogP contribution in [-0.2, 0) is 14.3 Å². The quantitative estimate of drug-likeness (QED) is 0.268. The van der Waals surface area contributed by atoms with Crippen LogP contribution in [0.2, 0.25) is 0 Å². The molecule has 0 radical (unpaired) electrons. The first-order valence-electron chi connectivity index (χ1n) is 13.1.